The number of carbonyl (C=O) groups excluding carboxylic acids is 3. The van der Waals surface area contributed by atoms with Gasteiger partial charge in [0.2, 0.25) is 5.91 Å². The van der Waals surface area contributed by atoms with Gasteiger partial charge in [0, 0.05) is 6.07 Å². The summed E-state index contributed by atoms with van der Waals surface area (Å²) in [7, 11) is 0. The second-order valence-corrected chi connectivity index (χ2v) is 7.54. The Morgan fingerprint density at radius 1 is 1.10 bits per heavy atom. The highest BCUT2D eigenvalue weighted by molar-refractivity contribution is 6.24. The number of hydrogen-bond donors (Lipinski definition) is 1. The molecule has 0 fully saturated rings. The molecule has 1 aliphatic rings. The van der Waals surface area contributed by atoms with Gasteiger partial charge in [0.25, 0.3) is 17.5 Å². The third kappa shape index (κ3) is 3.94. The van der Waals surface area contributed by atoms with E-state index in [1.54, 1.807) is 0 Å². The molecule has 1 heterocycles. The minimum absolute atomic E-state index is 0.0578. The number of nitro groups is 1. The van der Waals surface area contributed by atoms with Crippen LogP contribution < -0.4 is 5.32 Å². The average Bonchev–Trinajstić information content (AvgIpc) is 2.96. The maximum absolute atomic E-state index is 12.7. The molecular formula is C22H23N3O5. The number of rotatable bonds is 7. The van der Waals surface area contributed by atoms with E-state index in [1.165, 1.54) is 23.8 Å². The summed E-state index contributed by atoms with van der Waals surface area (Å²) in [5.41, 5.74) is 1.34. The van der Waals surface area contributed by atoms with Crippen molar-refractivity contribution < 1.29 is 19.3 Å². The first-order valence-electron chi connectivity index (χ1n) is 9.76. The van der Waals surface area contributed by atoms with Gasteiger partial charge in [-0.3, -0.25) is 29.4 Å². The molecule has 0 unspecified atom stereocenters. The third-order valence-electron chi connectivity index (χ3n) is 5.21. The smallest absolute Gasteiger partial charge is 0.282 e. The molecule has 3 rings (SSSR count). The first-order chi connectivity index (χ1) is 14.2. The van der Waals surface area contributed by atoms with E-state index >= 15 is 0 Å². The van der Waals surface area contributed by atoms with Crippen LogP contribution in [0.25, 0.3) is 0 Å². The molecule has 0 aromatic heterocycles. The number of nitrogens with one attached hydrogen (secondary N) is 1. The number of imide groups is 1. The van der Waals surface area contributed by atoms with Crippen molar-refractivity contribution in [2.24, 2.45) is 5.92 Å². The van der Waals surface area contributed by atoms with Gasteiger partial charge < -0.3 is 5.32 Å². The van der Waals surface area contributed by atoms with Gasteiger partial charge in [-0.2, -0.15) is 0 Å². The lowest BCUT2D eigenvalue weighted by Gasteiger charge is -2.24. The van der Waals surface area contributed by atoms with Gasteiger partial charge in [0.15, 0.2) is 0 Å². The van der Waals surface area contributed by atoms with Crippen LogP contribution in [-0.4, -0.2) is 34.1 Å². The van der Waals surface area contributed by atoms with Crippen LogP contribution in [0.3, 0.4) is 0 Å². The topological polar surface area (TPSA) is 110 Å². The van der Waals surface area contributed by atoms with Gasteiger partial charge in [-0.25, -0.2) is 0 Å². The van der Waals surface area contributed by atoms with Crippen molar-refractivity contribution in [2.75, 3.05) is 6.54 Å². The highest BCUT2D eigenvalue weighted by Crippen LogP contribution is 2.30. The van der Waals surface area contributed by atoms with Crippen molar-refractivity contribution in [3.05, 3.63) is 74.8 Å². The molecule has 2 aromatic carbocycles. The summed E-state index contributed by atoms with van der Waals surface area (Å²) in [6, 6.07) is 11.5. The molecule has 0 saturated carbocycles. The molecule has 0 saturated heterocycles. The Bertz CT molecular complexity index is 1010. The van der Waals surface area contributed by atoms with Crippen LogP contribution in [-0.2, 0) is 11.2 Å². The first kappa shape index (κ1) is 21.2. The van der Waals surface area contributed by atoms with Crippen LogP contribution >= 0.6 is 0 Å². The maximum Gasteiger partial charge on any atom is 0.282 e. The zero-order chi connectivity index (χ0) is 22.0. The quantitative estimate of drug-likeness (QED) is 0.429. The van der Waals surface area contributed by atoms with Crippen molar-refractivity contribution in [2.45, 2.75) is 33.2 Å². The number of benzene rings is 2. The third-order valence-corrected chi connectivity index (χ3v) is 5.21. The van der Waals surface area contributed by atoms with Gasteiger partial charge >= 0.3 is 0 Å². The number of carbonyl (C=O) groups is 3. The molecule has 1 N–H and O–H groups in total. The van der Waals surface area contributed by atoms with Crippen LogP contribution in [0, 0.1) is 16.0 Å². The van der Waals surface area contributed by atoms with E-state index in [1.807, 2.05) is 38.1 Å². The molecule has 3 amide bonds. The second-order valence-electron chi connectivity index (χ2n) is 7.54. The van der Waals surface area contributed by atoms with E-state index in [9.17, 15) is 24.5 Å². The highest BCUT2D eigenvalue weighted by Gasteiger charge is 2.41. The summed E-state index contributed by atoms with van der Waals surface area (Å²) < 4.78 is 0. The number of nitro benzene ring substituents is 1. The standard InChI is InChI=1S/C22H23N3O5/c1-4-14-8-10-15(11-9-14)20(13(2)3)23-18(26)12-24-21(27)16-6-5-7-17(25(29)30)19(16)22(24)28/h5-11,13,20H,4,12H2,1-3H3,(H,23,26)/t20-/m1/s1. The van der Waals surface area contributed by atoms with E-state index in [0.29, 0.717) is 0 Å². The summed E-state index contributed by atoms with van der Waals surface area (Å²) in [5.74, 6) is -1.97. The first-order valence-corrected chi connectivity index (χ1v) is 9.76. The monoisotopic (exact) mass is 409 g/mol. The van der Waals surface area contributed by atoms with Gasteiger partial charge in [-0.05, 0) is 29.5 Å². The summed E-state index contributed by atoms with van der Waals surface area (Å²) in [5, 5.41) is 14.1. The van der Waals surface area contributed by atoms with Crippen LogP contribution in [0.2, 0.25) is 0 Å². The lowest BCUT2D eigenvalue weighted by Crippen LogP contribution is -2.42. The fourth-order valence-corrected chi connectivity index (χ4v) is 3.57. The number of nitrogens with zero attached hydrogens (tertiary/aromatic N) is 2. The van der Waals surface area contributed by atoms with Gasteiger partial charge in [-0.15, -0.1) is 0 Å². The van der Waals surface area contributed by atoms with Crippen LogP contribution in [0.15, 0.2) is 42.5 Å². The predicted molar refractivity (Wildman–Crippen MR) is 110 cm³/mol. The molecule has 156 valence electrons. The summed E-state index contributed by atoms with van der Waals surface area (Å²) in [4.78, 5) is 49.2. The minimum Gasteiger partial charge on any atom is -0.347 e. The summed E-state index contributed by atoms with van der Waals surface area (Å²) in [6.07, 6.45) is 0.908. The Hall–Kier alpha value is -3.55. The average molecular weight is 409 g/mol. The van der Waals surface area contributed by atoms with E-state index in [0.717, 1.165) is 16.9 Å². The Morgan fingerprint density at radius 2 is 1.77 bits per heavy atom. The molecule has 30 heavy (non-hydrogen) atoms. The molecule has 0 aliphatic carbocycles. The predicted octanol–water partition coefficient (Wildman–Crippen LogP) is 3.27. The van der Waals surface area contributed by atoms with Crippen molar-refractivity contribution in [3.63, 3.8) is 0 Å². The van der Waals surface area contributed by atoms with Crippen molar-refractivity contribution in [3.8, 4) is 0 Å². The molecule has 8 heteroatoms. The number of fused-ring (bicyclic) bond motifs is 1. The number of hydrogen-bond acceptors (Lipinski definition) is 5. The Balaban J connectivity index is 1.78. The van der Waals surface area contributed by atoms with E-state index < -0.39 is 34.9 Å². The van der Waals surface area contributed by atoms with Gasteiger partial charge in [0.1, 0.15) is 12.1 Å². The van der Waals surface area contributed by atoms with Crippen molar-refractivity contribution in [1.82, 2.24) is 10.2 Å². The molecule has 0 radical (unpaired) electrons. The van der Waals surface area contributed by atoms with Crippen molar-refractivity contribution >= 4 is 23.4 Å². The minimum atomic E-state index is -0.828. The van der Waals surface area contributed by atoms with Crippen molar-refractivity contribution in [1.29, 1.82) is 0 Å². The Morgan fingerprint density at radius 3 is 2.33 bits per heavy atom. The molecule has 0 spiro atoms. The Labute approximate surface area is 174 Å². The van der Waals surface area contributed by atoms with E-state index in [-0.39, 0.29) is 23.1 Å². The van der Waals surface area contributed by atoms with Gasteiger partial charge in [0.05, 0.1) is 16.5 Å². The molecular weight excluding hydrogens is 386 g/mol. The number of aryl methyl sites for hydroxylation is 1. The highest BCUT2D eigenvalue weighted by atomic mass is 16.6. The van der Waals surface area contributed by atoms with Crippen LogP contribution in [0.4, 0.5) is 5.69 Å². The SMILES string of the molecule is CCc1ccc([C@H](NC(=O)CN2C(=O)c3cccc([N+](=O)[O-])c3C2=O)C(C)C)cc1. The summed E-state index contributed by atoms with van der Waals surface area (Å²) in [6.45, 7) is 5.48. The Kier molecular flexibility index (Phi) is 5.96. The zero-order valence-corrected chi connectivity index (χ0v) is 17.0. The normalized spacial score (nSPS) is 14.1. The van der Waals surface area contributed by atoms with E-state index in [2.05, 4.69) is 12.2 Å². The maximum atomic E-state index is 12.7. The largest absolute Gasteiger partial charge is 0.347 e. The lowest BCUT2D eigenvalue weighted by molar-refractivity contribution is -0.385. The molecule has 0 bridgehead atoms. The zero-order valence-electron chi connectivity index (χ0n) is 17.0. The summed E-state index contributed by atoms with van der Waals surface area (Å²) >= 11 is 0. The molecule has 8 nitrogen and oxygen atoms in total. The molecule has 2 aromatic rings. The fraction of sp³-hybridized carbons (Fsp3) is 0.318. The van der Waals surface area contributed by atoms with Crippen LogP contribution in [0.1, 0.15) is 58.7 Å². The number of amides is 3. The van der Waals surface area contributed by atoms with E-state index in [4.69, 9.17) is 0 Å². The van der Waals surface area contributed by atoms with Gasteiger partial charge in [-0.1, -0.05) is 51.1 Å². The molecule has 1 aliphatic heterocycles. The fourth-order valence-electron chi connectivity index (χ4n) is 3.57. The van der Waals surface area contributed by atoms with Crippen LogP contribution in [0.5, 0.6) is 0 Å². The lowest BCUT2D eigenvalue weighted by atomic mass is 9.95. The second kappa shape index (κ2) is 8.44. The molecule has 1 atom stereocenters.